The molecule has 4 atom stereocenters. The second-order valence-corrected chi connectivity index (χ2v) is 9.70. The minimum absolute atomic E-state index is 0.195. The molecule has 0 saturated carbocycles. The number of amides is 1. The van der Waals surface area contributed by atoms with E-state index in [0.717, 1.165) is 23.6 Å². The Hall–Kier alpha value is -2.04. The summed E-state index contributed by atoms with van der Waals surface area (Å²) in [4.78, 5) is 27.7. The summed E-state index contributed by atoms with van der Waals surface area (Å²) >= 11 is 0. The van der Waals surface area contributed by atoms with E-state index in [1.807, 2.05) is 0 Å². The first-order valence-corrected chi connectivity index (χ1v) is 13.6. The largest absolute Gasteiger partial charge is 0.449 e. The van der Waals surface area contributed by atoms with E-state index in [2.05, 4.69) is 17.2 Å². The van der Waals surface area contributed by atoms with Gasteiger partial charge < -0.3 is 19.7 Å². The summed E-state index contributed by atoms with van der Waals surface area (Å²) in [5.41, 5.74) is -0.941. The van der Waals surface area contributed by atoms with E-state index in [4.69, 9.17) is 9.47 Å². The van der Waals surface area contributed by atoms with Crippen molar-refractivity contribution in [2.75, 3.05) is 11.9 Å². The Morgan fingerprint density at radius 1 is 1.00 bits per heavy atom. The van der Waals surface area contributed by atoms with Gasteiger partial charge in [0.15, 0.2) is 17.9 Å². The van der Waals surface area contributed by atoms with Crippen molar-refractivity contribution in [1.82, 2.24) is 9.55 Å². The molecule has 2 rings (SSSR count). The number of carbonyl (C=O) groups excluding carboxylic acids is 1. The maximum atomic E-state index is 14.4. The van der Waals surface area contributed by atoms with Gasteiger partial charge in [-0.3, -0.25) is 9.88 Å². The average molecular weight is 514 g/mol. The smallest absolute Gasteiger partial charge is 0.412 e. The lowest BCUT2D eigenvalue weighted by Gasteiger charge is -2.17. The summed E-state index contributed by atoms with van der Waals surface area (Å²) in [5, 5.41) is 21.9. The number of unbranched alkanes of at least 4 members (excludes halogenated alkanes) is 13. The molecule has 1 aliphatic heterocycles. The topological polar surface area (TPSA) is 123 Å². The van der Waals surface area contributed by atoms with Crippen molar-refractivity contribution in [2.24, 2.45) is 0 Å². The van der Waals surface area contributed by atoms with E-state index in [1.54, 1.807) is 0 Å². The van der Waals surface area contributed by atoms with Gasteiger partial charge >= 0.3 is 11.8 Å². The molecule has 1 saturated heterocycles. The fourth-order valence-electron chi connectivity index (χ4n) is 4.37. The van der Waals surface area contributed by atoms with Crippen molar-refractivity contribution in [3.63, 3.8) is 0 Å². The van der Waals surface area contributed by atoms with E-state index in [1.165, 1.54) is 77.6 Å². The SMILES string of the molecule is CCCCCCCCCCCCCCCCOC(=O)Nc1nc(=O)n([C@@H]2O[C@@H](C)[C@H](O)[C@H]2O)cc1F. The maximum Gasteiger partial charge on any atom is 0.412 e. The molecular formula is C26H44FN3O6. The Kier molecular flexibility index (Phi) is 14.0. The third-order valence-corrected chi connectivity index (χ3v) is 6.61. The Morgan fingerprint density at radius 3 is 2.03 bits per heavy atom. The second kappa shape index (κ2) is 16.7. The first-order valence-electron chi connectivity index (χ1n) is 13.6. The van der Waals surface area contributed by atoms with Crippen molar-refractivity contribution >= 4 is 11.9 Å². The predicted octanol–water partition coefficient (Wildman–Crippen LogP) is 5.05. The highest BCUT2D eigenvalue weighted by molar-refractivity contribution is 5.83. The molecule has 0 unspecified atom stereocenters. The van der Waals surface area contributed by atoms with Gasteiger partial charge in [0.05, 0.1) is 18.9 Å². The van der Waals surface area contributed by atoms with Crippen LogP contribution in [0.25, 0.3) is 0 Å². The summed E-state index contributed by atoms with van der Waals surface area (Å²) in [6.07, 6.45) is 12.4. The lowest BCUT2D eigenvalue weighted by Crippen LogP contribution is -2.36. The number of aliphatic hydroxyl groups excluding tert-OH is 2. The standard InChI is InChI=1S/C26H44FN3O6/c1-3-4-5-6-7-8-9-10-11-12-13-14-15-16-17-35-26(34)29-23-20(27)18-30(25(33)28-23)24-22(32)21(31)19(2)36-24/h18-19,21-22,24,31-32H,3-17H2,1-2H3,(H,28,29,33,34)/t19-,21-,22+,24+/m0/s1. The monoisotopic (exact) mass is 513 g/mol. The number of aromatic nitrogens is 2. The van der Waals surface area contributed by atoms with Gasteiger partial charge in [0.1, 0.15) is 12.2 Å². The van der Waals surface area contributed by atoms with E-state index in [-0.39, 0.29) is 6.61 Å². The van der Waals surface area contributed by atoms with Crippen molar-refractivity contribution in [2.45, 2.75) is 128 Å². The number of ether oxygens (including phenoxy) is 2. The second-order valence-electron chi connectivity index (χ2n) is 9.70. The summed E-state index contributed by atoms with van der Waals surface area (Å²) in [6, 6.07) is 0. The van der Waals surface area contributed by atoms with Crippen LogP contribution in [0, 0.1) is 5.82 Å². The molecule has 0 bridgehead atoms. The zero-order chi connectivity index (χ0) is 26.3. The summed E-state index contributed by atoms with van der Waals surface area (Å²) in [7, 11) is 0. The molecule has 1 aromatic rings. The summed E-state index contributed by atoms with van der Waals surface area (Å²) in [6.45, 7) is 3.96. The van der Waals surface area contributed by atoms with Crippen LogP contribution in [0.15, 0.2) is 11.0 Å². The van der Waals surface area contributed by atoms with E-state index < -0.39 is 48.0 Å². The normalized spacial score (nSPS) is 21.6. The first-order chi connectivity index (χ1) is 17.3. The van der Waals surface area contributed by atoms with Crippen molar-refractivity contribution in [3.8, 4) is 0 Å². The molecule has 206 valence electrons. The zero-order valence-corrected chi connectivity index (χ0v) is 21.8. The number of anilines is 1. The lowest BCUT2D eigenvalue weighted by molar-refractivity contribution is -0.0355. The van der Waals surface area contributed by atoms with Gasteiger partial charge in [0.25, 0.3) is 0 Å². The highest BCUT2D eigenvalue weighted by Crippen LogP contribution is 2.28. The first kappa shape index (κ1) is 30.2. The third-order valence-electron chi connectivity index (χ3n) is 6.61. The van der Waals surface area contributed by atoms with E-state index in [0.29, 0.717) is 6.42 Å². The van der Waals surface area contributed by atoms with Gasteiger partial charge in [0.2, 0.25) is 0 Å². The highest BCUT2D eigenvalue weighted by atomic mass is 19.1. The lowest BCUT2D eigenvalue weighted by atomic mass is 10.0. The van der Waals surface area contributed by atoms with Gasteiger partial charge in [-0.25, -0.2) is 14.0 Å². The number of carbonyl (C=O) groups is 1. The Labute approximate surface area is 213 Å². The van der Waals surface area contributed by atoms with E-state index in [9.17, 15) is 24.2 Å². The Bertz CT molecular complexity index is 836. The highest BCUT2D eigenvalue weighted by Gasteiger charge is 2.42. The quantitative estimate of drug-likeness (QED) is 0.249. The summed E-state index contributed by atoms with van der Waals surface area (Å²) in [5.74, 6) is -1.56. The molecule has 0 spiro atoms. The minimum atomic E-state index is -1.41. The number of rotatable bonds is 17. The van der Waals surface area contributed by atoms with E-state index >= 15 is 0 Å². The van der Waals surface area contributed by atoms with Gasteiger partial charge in [-0.1, -0.05) is 90.4 Å². The van der Waals surface area contributed by atoms with Crippen LogP contribution in [0.5, 0.6) is 0 Å². The number of halogens is 1. The van der Waals surface area contributed by atoms with Crippen molar-refractivity contribution in [3.05, 3.63) is 22.5 Å². The Balaban J connectivity index is 1.55. The molecule has 0 radical (unpaired) electrons. The molecule has 1 amide bonds. The summed E-state index contributed by atoms with van der Waals surface area (Å²) < 4.78 is 25.5. The van der Waals surface area contributed by atoms with Crippen molar-refractivity contribution < 1.29 is 28.9 Å². The van der Waals surface area contributed by atoms with Crippen LogP contribution < -0.4 is 11.0 Å². The number of hydrogen-bond acceptors (Lipinski definition) is 7. The van der Waals surface area contributed by atoms with Crippen LogP contribution in [0.2, 0.25) is 0 Å². The molecule has 1 fully saturated rings. The number of hydrogen-bond donors (Lipinski definition) is 3. The zero-order valence-electron chi connectivity index (χ0n) is 21.8. The predicted molar refractivity (Wildman–Crippen MR) is 135 cm³/mol. The molecule has 9 nitrogen and oxygen atoms in total. The molecule has 3 N–H and O–H groups in total. The van der Waals surface area contributed by atoms with Crippen LogP contribution >= 0.6 is 0 Å². The Morgan fingerprint density at radius 2 is 1.53 bits per heavy atom. The molecule has 1 aliphatic rings. The van der Waals surface area contributed by atoms with Crippen LogP contribution in [0.1, 0.15) is 110 Å². The average Bonchev–Trinajstić information content (AvgIpc) is 3.10. The van der Waals surface area contributed by atoms with Gasteiger partial charge in [-0.2, -0.15) is 4.98 Å². The maximum absolute atomic E-state index is 14.4. The van der Waals surface area contributed by atoms with Gasteiger partial charge in [0, 0.05) is 0 Å². The van der Waals surface area contributed by atoms with Crippen LogP contribution in [0.4, 0.5) is 15.0 Å². The molecule has 0 aromatic carbocycles. The third kappa shape index (κ3) is 10.1. The molecular weight excluding hydrogens is 469 g/mol. The fraction of sp³-hybridized carbons (Fsp3) is 0.808. The van der Waals surface area contributed by atoms with Crippen LogP contribution in [-0.2, 0) is 9.47 Å². The molecule has 10 heteroatoms. The molecule has 0 aliphatic carbocycles. The number of nitrogens with zero attached hydrogens (tertiary/aromatic N) is 2. The minimum Gasteiger partial charge on any atom is -0.449 e. The van der Waals surface area contributed by atoms with Crippen molar-refractivity contribution in [1.29, 1.82) is 0 Å². The fourth-order valence-corrected chi connectivity index (χ4v) is 4.37. The number of nitrogens with one attached hydrogen (secondary N) is 1. The van der Waals surface area contributed by atoms with Crippen LogP contribution in [-0.4, -0.2) is 50.8 Å². The van der Waals surface area contributed by atoms with Gasteiger partial charge in [-0.05, 0) is 13.3 Å². The molecule has 1 aromatic heterocycles. The number of aliphatic hydroxyl groups is 2. The molecule has 2 heterocycles. The molecule has 36 heavy (non-hydrogen) atoms. The van der Waals surface area contributed by atoms with Gasteiger partial charge in [-0.15, -0.1) is 0 Å². The van der Waals surface area contributed by atoms with Crippen LogP contribution in [0.3, 0.4) is 0 Å².